The Morgan fingerprint density at radius 2 is 1.37 bits per heavy atom. The molecule has 2 atom stereocenters. The molecule has 6 nitrogen and oxygen atoms in total. The van der Waals surface area contributed by atoms with Crippen molar-refractivity contribution in [1.82, 2.24) is 9.78 Å². The Kier molecular flexibility index (Phi) is 5.19. The van der Waals surface area contributed by atoms with Crippen LogP contribution in [0.15, 0.2) is 54.6 Å². The fraction of sp³-hybridized carbons (Fsp3) is 0.375. The van der Waals surface area contributed by atoms with Gasteiger partial charge in [-0.1, -0.05) is 0 Å². The van der Waals surface area contributed by atoms with Gasteiger partial charge in [-0.05, 0) is 68.4 Å². The maximum absolute atomic E-state index is 5.76. The fourth-order valence-electron chi connectivity index (χ4n) is 3.30. The van der Waals surface area contributed by atoms with Crippen molar-refractivity contribution in [3.8, 4) is 34.0 Å². The molecule has 2 aromatic carbocycles. The van der Waals surface area contributed by atoms with E-state index in [9.17, 15) is 0 Å². The van der Waals surface area contributed by atoms with Crippen molar-refractivity contribution < 1.29 is 18.9 Å². The highest BCUT2D eigenvalue weighted by Crippen LogP contribution is 2.31. The van der Waals surface area contributed by atoms with Crippen LogP contribution in [0, 0.1) is 0 Å². The largest absolute Gasteiger partial charge is 0.491 e. The minimum atomic E-state index is 0.248. The van der Waals surface area contributed by atoms with Crippen molar-refractivity contribution in [3.05, 3.63) is 54.6 Å². The summed E-state index contributed by atoms with van der Waals surface area (Å²) in [5.41, 5.74) is 4.21. The van der Waals surface area contributed by atoms with E-state index < -0.39 is 0 Å². The van der Waals surface area contributed by atoms with Gasteiger partial charge >= 0.3 is 0 Å². The first-order valence-corrected chi connectivity index (χ1v) is 10.4. The second-order valence-electron chi connectivity index (χ2n) is 8.03. The van der Waals surface area contributed by atoms with Crippen LogP contribution in [-0.4, -0.2) is 48.4 Å². The Labute approximate surface area is 176 Å². The van der Waals surface area contributed by atoms with Crippen LogP contribution < -0.4 is 9.47 Å². The summed E-state index contributed by atoms with van der Waals surface area (Å²) in [5, 5.41) is 4.87. The molecule has 6 heteroatoms. The molecule has 0 spiro atoms. The molecule has 2 aliphatic heterocycles. The number of rotatable bonds is 9. The molecule has 1 aromatic heterocycles. The summed E-state index contributed by atoms with van der Waals surface area (Å²) in [6, 6.07) is 18.6. The number of nitrogens with zero attached hydrogens (tertiary/aromatic N) is 2. The number of aromatic nitrogens is 2. The molecule has 3 heterocycles. The predicted octanol–water partition coefficient (Wildman–Crippen LogP) is 4.35. The summed E-state index contributed by atoms with van der Waals surface area (Å²) < 4.78 is 23.9. The molecule has 0 bridgehead atoms. The quantitative estimate of drug-likeness (QED) is 0.494. The third kappa shape index (κ3) is 4.50. The maximum Gasteiger partial charge on any atom is 0.119 e. The lowest BCUT2D eigenvalue weighted by Gasteiger charge is -2.11. The van der Waals surface area contributed by atoms with Crippen molar-refractivity contribution in [2.45, 2.75) is 32.1 Å². The first-order chi connectivity index (χ1) is 14.7. The molecule has 30 heavy (non-hydrogen) atoms. The topological polar surface area (TPSA) is 61.3 Å². The van der Waals surface area contributed by atoms with Crippen LogP contribution in [0.2, 0.25) is 0 Å². The molecule has 0 aliphatic carbocycles. The van der Waals surface area contributed by atoms with Crippen LogP contribution in [0.5, 0.6) is 11.5 Å². The Bertz CT molecular complexity index is 987. The monoisotopic (exact) mass is 406 g/mol. The van der Waals surface area contributed by atoms with Crippen LogP contribution in [-0.2, 0) is 9.47 Å². The Hall–Kier alpha value is -2.83. The minimum absolute atomic E-state index is 0.248. The van der Waals surface area contributed by atoms with Crippen molar-refractivity contribution in [3.63, 3.8) is 0 Å². The van der Waals surface area contributed by atoms with Gasteiger partial charge in [-0.2, -0.15) is 5.10 Å². The molecule has 5 rings (SSSR count). The molecule has 2 fully saturated rings. The average Bonchev–Trinajstić information content (AvgIpc) is 3.70. The molecule has 3 aromatic rings. The van der Waals surface area contributed by atoms with E-state index in [0.717, 1.165) is 47.2 Å². The molecule has 0 N–H and O–H groups in total. The van der Waals surface area contributed by atoms with Gasteiger partial charge in [0.05, 0.1) is 24.6 Å². The first kappa shape index (κ1) is 19.2. The standard InChI is InChI=1S/C24H26N2O4/c1-16(2)26-24(18-5-9-20(10-6-18)28-13-22-15-30-22)11-23(25-26)17-3-7-19(8-4-17)27-12-21-14-29-21/h3-11,16,21-22H,12-15H2,1-2H3. The normalized spacial score (nSPS) is 19.7. The van der Waals surface area contributed by atoms with Gasteiger partial charge in [-0.25, -0.2) is 0 Å². The zero-order chi connectivity index (χ0) is 20.5. The van der Waals surface area contributed by atoms with Crippen molar-refractivity contribution in [2.75, 3.05) is 26.4 Å². The summed E-state index contributed by atoms with van der Waals surface area (Å²) >= 11 is 0. The van der Waals surface area contributed by atoms with Crippen LogP contribution in [0.4, 0.5) is 0 Å². The maximum atomic E-state index is 5.76. The summed E-state index contributed by atoms with van der Waals surface area (Å²) in [5.74, 6) is 1.71. The Morgan fingerprint density at radius 1 is 0.867 bits per heavy atom. The zero-order valence-corrected chi connectivity index (χ0v) is 17.3. The smallest absolute Gasteiger partial charge is 0.119 e. The summed E-state index contributed by atoms with van der Waals surface area (Å²) in [7, 11) is 0. The van der Waals surface area contributed by atoms with E-state index in [0.29, 0.717) is 13.2 Å². The molecule has 0 amide bonds. The lowest BCUT2D eigenvalue weighted by atomic mass is 10.1. The number of ether oxygens (including phenoxy) is 4. The van der Waals surface area contributed by atoms with E-state index in [1.807, 2.05) is 24.3 Å². The second kappa shape index (κ2) is 8.13. The second-order valence-corrected chi connectivity index (χ2v) is 8.03. The van der Waals surface area contributed by atoms with Crippen LogP contribution in [0.3, 0.4) is 0 Å². The van der Waals surface area contributed by atoms with Crippen LogP contribution in [0.25, 0.3) is 22.5 Å². The molecule has 0 radical (unpaired) electrons. The highest BCUT2D eigenvalue weighted by atomic mass is 16.6. The van der Waals surface area contributed by atoms with Crippen LogP contribution >= 0.6 is 0 Å². The molecule has 2 saturated heterocycles. The number of benzene rings is 2. The van der Waals surface area contributed by atoms with Crippen molar-refractivity contribution in [1.29, 1.82) is 0 Å². The van der Waals surface area contributed by atoms with Gasteiger partial charge in [0, 0.05) is 17.2 Å². The molecular weight excluding hydrogens is 380 g/mol. The fourth-order valence-corrected chi connectivity index (χ4v) is 3.30. The first-order valence-electron chi connectivity index (χ1n) is 10.4. The summed E-state index contributed by atoms with van der Waals surface area (Å²) in [6.07, 6.45) is 0.515. The number of hydrogen-bond acceptors (Lipinski definition) is 5. The SMILES string of the molecule is CC(C)n1nc(-c2ccc(OCC3CO3)cc2)cc1-c1ccc(OCC2CO2)cc1. The third-order valence-electron chi connectivity index (χ3n) is 5.20. The van der Waals surface area contributed by atoms with E-state index in [1.165, 1.54) is 0 Å². The van der Waals surface area contributed by atoms with Crippen molar-refractivity contribution >= 4 is 0 Å². The zero-order valence-electron chi connectivity index (χ0n) is 17.3. The van der Waals surface area contributed by atoms with Gasteiger partial charge in [-0.15, -0.1) is 0 Å². The van der Waals surface area contributed by atoms with Gasteiger partial charge in [-0.3, -0.25) is 4.68 Å². The van der Waals surface area contributed by atoms with Gasteiger partial charge in [0.15, 0.2) is 0 Å². The minimum Gasteiger partial charge on any atom is -0.491 e. The highest BCUT2D eigenvalue weighted by molar-refractivity contribution is 5.69. The molecule has 2 unspecified atom stereocenters. The lowest BCUT2D eigenvalue weighted by molar-refractivity contribution is 0.263. The molecule has 2 aliphatic rings. The summed E-state index contributed by atoms with van der Waals surface area (Å²) in [4.78, 5) is 0. The van der Waals surface area contributed by atoms with Gasteiger partial charge in [0.25, 0.3) is 0 Å². The molecular formula is C24H26N2O4. The highest BCUT2D eigenvalue weighted by Gasteiger charge is 2.23. The molecule has 156 valence electrons. The van der Waals surface area contributed by atoms with E-state index in [2.05, 4.69) is 48.9 Å². The van der Waals surface area contributed by atoms with Crippen molar-refractivity contribution in [2.24, 2.45) is 0 Å². The number of hydrogen-bond donors (Lipinski definition) is 0. The number of epoxide rings is 2. The van der Waals surface area contributed by atoms with E-state index >= 15 is 0 Å². The van der Waals surface area contributed by atoms with Gasteiger partial charge in [0.2, 0.25) is 0 Å². The molecule has 0 saturated carbocycles. The van der Waals surface area contributed by atoms with E-state index in [-0.39, 0.29) is 18.2 Å². The lowest BCUT2D eigenvalue weighted by Crippen LogP contribution is -2.05. The van der Waals surface area contributed by atoms with Crippen LogP contribution in [0.1, 0.15) is 19.9 Å². The Balaban J connectivity index is 1.34. The van der Waals surface area contributed by atoms with E-state index in [1.54, 1.807) is 0 Å². The average molecular weight is 406 g/mol. The van der Waals surface area contributed by atoms with Gasteiger partial charge in [0.1, 0.15) is 36.9 Å². The third-order valence-corrected chi connectivity index (χ3v) is 5.20. The van der Waals surface area contributed by atoms with E-state index in [4.69, 9.17) is 24.0 Å². The summed E-state index contributed by atoms with van der Waals surface area (Å²) in [6.45, 7) is 7.11. The van der Waals surface area contributed by atoms with Gasteiger partial charge < -0.3 is 18.9 Å². The Morgan fingerprint density at radius 3 is 1.83 bits per heavy atom. The predicted molar refractivity (Wildman–Crippen MR) is 114 cm³/mol.